The number of benzene rings is 12. The van der Waals surface area contributed by atoms with Crippen molar-refractivity contribution < 1.29 is 0 Å². The molecule has 0 saturated heterocycles. The molecule has 2 heteroatoms. The molecule has 0 heterocycles. The lowest BCUT2D eigenvalue weighted by molar-refractivity contribution is 0.648. The molecule has 12 aromatic carbocycles. The minimum Gasteiger partial charge on any atom is -0.311 e. The van der Waals surface area contributed by atoms with E-state index in [2.05, 4.69) is 314 Å². The lowest BCUT2D eigenvalue weighted by Gasteiger charge is -2.31. The normalized spacial score (nSPS) is 14.4. The third-order valence-corrected chi connectivity index (χ3v) is 19.6. The fourth-order valence-electron chi connectivity index (χ4n) is 15.1. The molecule has 2 nitrogen and oxygen atoms in total. The fourth-order valence-corrected chi connectivity index (χ4v) is 15.1. The smallest absolute Gasteiger partial charge is 0.0543 e. The molecular weight excluding hydrogens is 1010 g/mol. The van der Waals surface area contributed by atoms with E-state index in [0.29, 0.717) is 5.92 Å². The molecule has 0 amide bonds. The predicted octanol–water partition coefficient (Wildman–Crippen LogP) is 22.2. The number of aryl methyl sites for hydroxylation is 3. The summed E-state index contributed by atoms with van der Waals surface area (Å²) < 4.78 is 0. The lowest BCUT2D eigenvalue weighted by atomic mass is 9.78. The standard InChI is InChI=1S/C82H70N2/c1-52-32-37-58(38-33-52)83(59-39-34-53(2)35-40-59)60-41-43-61(44-42-60)84(57-26-16-11-17-27-57)77-51-76-79(66-31-21-19-29-64(66)77)70-50-72-68(48-74(70)82(76,7)8)67-47-73-69(49-71(67)80(72,3)4)78-65-30-20-18-28-63(65)56(46-75(78)81(73,5)6)36-45-62(54-22-12-9-13-23-54)55-24-14-10-15-25-55/h9-35,37-44,46-51,62H,36,45H2,1-8H3. The first kappa shape index (κ1) is 51.6. The van der Waals surface area contributed by atoms with Crippen LogP contribution in [0.25, 0.3) is 54.9 Å². The van der Waals surface area contributed by atoms with Crippen LogP contribution in [-0.4, -0.2) is 0 Å². The largest absolute Gasteiger partial charge is 0.311 e. The van der Waals surface area contributed by atoms with Crippen LogP contribution in [0.2, 0.25) is 0 Å². The molecular formula is C82H70N2. The van der Waals surface area contributed by atoms with Crippen LogP contribution >= 0.6 is 0 Å². The molecule has 408 valence electrons. The first-order valence-corrected chi connectivity index (χ1v) is 30.2. The van der Waals surface area contributed by atoms with E-state index in [4.69, 9.17) is 0 Å². The summed E-state index contributed by atoms with van der Waals surface area (Å²) in [6, 6.07) is 94.0. The van der Waals surface area contributed by atoms with Crippen molar-refractivity contribution >= 4 is 55.7 Å². The number of hydrogen-bond donors (Lipinski definition) is 0. The van der Waals surface area contributed by atoms with E-state index >= 15 is 0 Å². The van der Waals surface area contributed by atoms with Crippen molar-refractivity contribution in [3.8, 4) is 33.4 Å². The number of rotatable bonds is 11. The number of fused-ring (bicyclic) bond motifs is 13. The number of para-hydroxylation sites is 1. The van der Waals surface area contributed by atoms with Gasteiger partial charge in [-0.3, -0.25) is 0 Å². The third-order valence-electron chi connectivity index (χ3n) is 19.6. The second-order valence-electron chi connectivity index (χ2n) is 25.7. The van der Waals surface area contributed by atoms with E-state index in [1.807, 2.05) is 0 Å². The molecule has 0 bridgehead atoms. The summed E-state index contributed by atoms with van der Waals surface area (Å²) in [5.74, 6) is 0.314. The highest BCUT2D eigenvalue weighted by Gasteiger charge is 2.46. The van der Waals surface area contributed by atoms with Gasteiger partial charge in [0, 0.05) is 56.0 Å². The van der Waals surface area contributed by atoms with Crippen LogP contribution in [0.3, 0.4) is 0 Å². The Labute approximate surface area is 496 Å². The topological polar surface area (TPSA) is 6.48 Å². The average Bonchev–Trinajstić information content (AvgIpc) is 1.76. The maximum absolute atomic E-state index is 2.62. The zero-order chi connectivity index (χ0) is 57.2. The molecule has 0 fully saturated rings. The molecule has 0 atom stereocenters. The van der Waals surface area contributed by atoms with Gasteiger partial charge in [-0.2, -0.15) is 0 Å². The van der Waals surface area contributed by atoms with Crippen molar-refractivity contribution in [2.75, 3.05) is 9.80 Å². The Morgan fingerprint density at radius 3 is 1.14 bits per heavy atom. The highest BCUT2D eigenvalue weighted by atomic mass is 15.2. The van der Waals surface area contributed by atoms with Crippen molar-refractivity contribution in [2.45, 2.75) is 90.4 Å². The van der Waals surface area contributed by atoms with Gasteiger partial charge in [-0.25, -0.2) is 0 Å². The maximum Gasteiger partial charge on any atom is 0.0543 e. The third kappa shape index (κ3) is 8.05. The maximum atomic E-state index is 2.62. The van der Waals surface area contributed by atoms with Gasteiger partial charge in [-0.05, 0) is 217 Å². The molecule has 0 N–H and O–H groups in total. The summed E-state index contributed by atoms with van der Waals surface area (Å²) >= 11 is 0. The predicted molar refractivity (Wildman–Crippen MR) is 356 cm³/mol. The number of anilines is 6. The molecule has 0 saturated carbocycles. The minimum absolute atomic E-state index is 0.197. The molecule has 15 rings (SSSR count). The van der Waals surface area contributed by atoms with Gasteiger partial charge in [0.2, 0.25) is 0 Å². The Hall–Kier alpha value is -9.24. The molecule has 0 radical (unpaired) electrons. The Balaban J connectivity index is 0.824. The van der Waals surface area contributed by atoms with Crippen LogP contribution in [0.5, 0.6) is 0 Å². The quantitative estimate of drug-likeness (QED) is 0.127. The first-order valence-electron chi connectivity index (χ1n) is 30.2. The zero-order valence-corrected chi connectivity index (χ0v) is 49.6. The highest BCUT2D eigenvalue weighted by molar-refractivity contribution is 6.11. The Kier molecular flexibility index (Phi) is 11.9. The summed E-state index contributed by atoms with van der Waals surface area (Å²) in [5.41, 5.74) is 29.5. The van der Waals surface area contributed by atoms with Crippen LogP contribution < -0.4 is 9.80 Å². The molecule has 0 aromatic heterocycles. The van der Waals surface area contributed by atoms with Crippen LogP contribution in [0.4, 0.5) is 34.1 Å². The van der Waals surface area contributed by atoms with Crippen molar-refractivity contribution in [1.29, 1.82) is 0 Å². The van der Waals surface area contributed by atoms with Gasteiger partial charge in [0.05, 0.1) is 5.69 Å². The molecule has 3 aliphatic carbocycles. The highest BCUT2D eigenvalue weighted by Crippen LogP contribution is 2.62. The van der Waals surface area contributed by atoms with E-state index in [-0.39, 0.29) is 16.2 Å². The van der Waals surface area contributed by atoms with Crippen LogP contribution in [0.1, 0.15) is 115 Å². The summed E-state index contributed by atoms with van der Waals surface area (Å²) in [6.07, 6.45) is 2.03. The van der Waals surface area contributed by atoms with Crippen molar-refractivity contribution in [3.05, 3.63) is 310 Å². The van der Waals surface area contributed by atoms with E-state index < -0.39 is 0 Å². The van der Waals surface area contributed by atoms with Crippen molar-refractivity contribution in [2.24, 2.45) is 0 Å². The van der Waals surface area contributed by atoms with E-state index in [1.165, 1.54) is 122 Å². The molecule has 12 aromatic rings. The average molecular weight is 1080 g/mol. The van der Waals surface area contributed by atoms with Gasteiger partial charge in [-0.15, -0.1) is 0 Å². The summed E-state index contributed by atoms with van der Waals surface area (Å²) in [6.45, 7) is 19.1. The van der Waals surface area contributed by atoms with Crippen molar-refractivity contribution in [1.82, 2.24) is 0 Å². The Morgan fingerprint density at radius 2 is 0.655 bits per heavy atom. The van der Waals surface area contributed by atoms with Gasteiger partial charge in [0.25, 0.3) is 0 Å². The van der Waals surface area contributed by atoms with Crippen molar-refractivity contribution in [3.63, 3.8) is 0 Å². The summed E-state index contributed by atoms with van der Waals surface area (Å²) in [7, 11) is 0. The SMILES string of the molecule is Cc1ccc(N(c2ccc(C)cc2)c2ccc(N(c3ccccc3)c3cc4c(c5ccccc35)-c3cc5c(cc3C4(C)C)-c3cc4c(cc3C5(C)C)-c3c(cc(CCC(c5ccccc5)c5ccccc5)c5ccccc35)C4(C)C)cc2)cc1. The number of nitrogens with zero attached hydrogens (tertiary/aromatic N) is 2. The first-order chi connectivity index (χ1) is 40.8. The van der Waals surface area contributed by atoms with Crippen LogP contribution in [-0.2, 0) is 22.7 Å². The monoisotopic (exact) mass is 1080 g/mol. The second kappa shape index (κ2) is 19.4. The summed E-state index contributed by atoms with van der Waals surface area (Å²) in [5, 5.41) is 5.26. The lowest BCUT2D eigenvalue weighted by Crippen LogP contribution is -2.18. The van der Waals surface area contributed by atoms with Gasteiger partial charge in [-0.1, -0.05) is 210 Å². The molecule has 0 unspecified atom stereocenters. The van der Waals surface area contributed by atoms with E-state index in [1.54, 1.807) is 0 Å². The van der Waals surface area contributed by atoms with E-state index in [0.717, 1.165) is 41.3 Å². The molecule has 84 heavy (non-hydrogen) atoms. The fraction of sp³-hybridized carbons (Fsp3) is 0.171. The zero-order valence-electron chi connectivity index (χ0n) is 49.6. The minimum atomic E-state index is -0.290. The second-order valence-corrected chi connectivity index (χ2v) is 25.7. The Morgan fingerprint density at radius 1 is 0.310 bits per heavy atom. The number of hydrogen-bond acceptors (Lipinski definition) is 2. The van der Waals surface area contributed by atoms with Crippen LogP contribution in [0, 0.1) is 13.8 Å². The van der Waals surface area contributed by atoms with E-state index in [9.17, 15) is 0 Å². The molecule has 3 aliphatic rings. The van der Waals surface area contributed by atoms with Gasteiger partial charge in [0.15, 0.2) is 0 Å². The van der Waals surface area contributed by atoms with Crippen LogP contribution in [0.15, 0.2) is 249 Å². The van der Waals surface area contributed by atoms with Gasteiger partial charge < -0.3 is 9.80 Å². The van der Waals surface area contributed by atoms with Gasteiger partial charge >= 0.3 is 0 Å². The molecule has 0 spiro atoms. The van der Waals surface area contributed by atoms with Gasteiger partial charge in [0.1, 0.15) is 0 Å². The molecule has 0 aliphatic heterocycles. The Bertz CT molecular complexity index is 4460. The summed E-state index contributed by atoms with van der Waals surface area (Å²) in [4.78, 5) is 4.84.